The van der Waals surface area contributed by atoms with Gasteiger partial charge in [0.05, 0.1) is 0 Å². The molecule has 5 heteroatoms. The first-order valence-electron chi connectivity index (χ1n) is 5.25. The minimum absolute atomic E-state index is 0.226. The first-order valence-corrected chi connectivity index (χ1v) is 6.62. The molecule has 1 N–H and O–H groups in total. The van der Waals surface area contributed by atoms with E-state index in [-0.39, 0.29) is 5.75 Å². The number of aryl methyl sites for hydroxylation is 1. The predicted octanol–water partition coefficient (Wildman–Crippen LogP) is 2.38. The molecule has 1 rings (SSSR count). The van der Waals surface area contributed by atoms with E-state index in [4.69, 9.17) is 4.55 Å². The van der Waals surface area contributed by atoms with Crippen LogP contribution in [0.2, 0.25) is 0 Å². The molecule has 0 saturated heterocycles. The van der Waals surface area contributed by atoms with Gasteiger partial charge in [-0.1, -0.05) is 32.4 Å². The number of benzene rings is 1. The third-order valence-corrected chi connectivity index (χ3v) is 2.70. The van der Waals surface area contributed by atoms with Gasteiger partial charge in [0.1, 0.15) is 5.75 Å². The van der Waals surface area contributed by atoms with Crippen LogP contribution < -0.4 is 4.18 Å². The third-order valence-electron chi connectivity index (χ3n) is 2.31. The maximum Gasteiger partial charge on any atom is 0.446 e. The van der Waals surface area contributed by atoms with Gasteiger partial charge in [-0.05, 0) is 30.0 Å². The van der Waals surface area contributed by atoms with Gasteiger partial charge in [0.25, 0.3) is 0 Å². The van der Waals surface area contributed by atoms with Crippen LogP contribution in [0.3, 0.4) is 0 Å². The molecule has 0 unspecified atom stereocenters. The summed E-state index contributed by atoms with van der Waals surface area (Å²) in [5.41, 5.74) is 1.90. The monoisotopic (exact) mass is 244 g/mol. The van der Waals surface area contributed by atoms with Crippen LogP contribution in [-0.2, 0) is 23.2 Å². The van der Waals surface area contributed by atoms with Gasteiger partial charge in [-0.25, -0.2) is 0 Å². The van der Waals surface area contributed by atoms with Gasteiger partial charge >= 0.3 is 10.4 Å². The van der Waals surface area contributed by atoms with Crippen molar-refractivity contribution in [1.82, 2.24) is 0 Å². The number of hydrogen-bond donors (Lipinski definition) is 1. The van der Waals surface area contributed by atoms with E-state index >= 15 is 0 Å². The molecule has 16 heavy (non-hydrogen) atoms. The Morgan fingerprint density at radius 2 is 2.00 bits per heavy atom. The van der Waals surface area contributed by atoms with Gasteiger partial charge in [-0.15, -0.1) is 0 Å². The molecule has 4 nitrogen and oxygen atoms in total. The molecule has 0 atom stereocenters. The Bertz CT molecular complexity index is 451. The Morgan fingerprint density at radius 1 is 1.31 bits per heavy atom. The molecule has 0 aliphatic rings. The highest BCUT2D eigenvalue weighted by molar-refractivity contribution is 7.81. The molecule has 1 aromatic rings. The van der Waals surface area contributed by atoms with Crippen molar-refractivity contribution in [1.29, 1.82) is 0 Å². The summed E-state index contributed by atoms with van der Waals surface area (Å²) < 4.78 is 34.6. The molecule has 0 bridgehead atoms. The SMILES string of the molecule is CCCc1c(CC)cccc1OS(=O)(=O)O. The Morgan fingerprint density at radius 3 is 2.50 bits per heavy atom. The van der Waals surface area contributed by atoms with Crippen LogP contribution in [-0.4, -0.2) is 13.0 Å². The van der Waals surface area contributed by atoms with E-state index in [1.807, 2.05) is 19.9 Å². The lowest BCUT2D eigenvalue weighted by atomic mass is 10.0. The number of rotatable bonds is 5. The van der Waals surface area contributed by atoms with Crippen LogP contribution >= 0.6 is 0 Å². The summed E-state index contributed by atoms with van der Waals surface area (Å²) in [5.74, 6) is 0.226. The van der Waals surface area contributed by atoms with Crippen molar-refractivity contribution in [3.63, 3.8) is 0 Å². The summed E-state index contributed by atoms with van der Waals surface area (Å²) in [7, 11) is -4.44. The lowest BCUT2D eigenvalue weighted by molar-refractivity contribution is 0.385. The summed E-state index contributed by atoms with van der Waals surface area (Å²) in [6.07, 6.45) is 2.42. The highest BCUT2D eigenvalue weighted by Crippen LogP contribution is 2.25. The van der Waals surface area contributed by atoms with Gasteiger partial charge in [0.2, 0.25) is 0 Å². The smallest absolute Gasteiger partial charge is 0.362 e. The molecule has 0 saturated carbocycles. The van der Waals surface area contributed by atoms with Crippen LogP contribution in [0.5, 0.6) is 5.75 Å². The Labute approximate surface area is 96.2 Å². The third kappa shape index (κ3) is 3.50. The largest absolute Gasteiger partial charge is 0.446 e. The average Bonchev–Trinajstić information content (AvgIpc) is 2.18. The summed E-state index contributed by atoms with van der Waals surface area (Å²) >= 11 is 0. The second-order valence-electron chi connectivity index (χ2n) is 3.51. The minimum Gasteiger partial charge on any atom is -0.362 e. The minimum atomic E-state index is -4.44. The van der Waals surface area contributed by atoms with Crippen LogP contribution in [0, 0.1) is 0 Å². The standard InChI is InChI=1S/C11H16O4S/c1-3-6-10-9(4-2)7-5-8-11(10)15-16(12,13)14/h5,7-8H,3-4,6H2,1-2H3,(H,12,13,14). The zero-order valence-electron chi connectivity index (χ0n) is 9.43. The van der Waals surface area contributed by atoms with E-state index < -0.39 is 10.4 Å². The van der Waals surface area contributed by atoms with E-state index in [0.29, 0.717) is 0 Å². The zero-order chi connectivity index (χ0) is 12.2. The predicted molar refractivity (Wildman–Crippen MR) is 62.0 cm³/mol. The first kappa shape index (κ1) is 13.0. The highest BCUT2D eigenvalue weighted by atomic mass is 32.3. The van der Waals surface area contributed by atoms with Gasteiger partial charge in [0.15, 0.2) is 0 Å². The van der Waals surface area contributed by atoms with Crippen LogP contribution in [0.15, 0.2) is 18.2 Å². The van der Waals surface area contributed by atoms with E-state index in [9.17, 15) is 8.42 Å². The van der Waals surface area contributed by atoms with Crippen molar-refractivity contribution in [2.24, 2.45) is 0 Å². The lowest BCUT2D eigenvalue weighted by Crippen LogP contribution is -2.09. The van der Waals surface area contributed by atoms with E-state index in [0.717, 1.165) is 30.4 Å². The van der Waals surface area contributed by atoms with Crippen molar-refractivity contribution in [2.75, 3.05) is 0 Å². The molecule has 0 heterocycles. The van der Waals surface area contributed by atoms with Crippen LogP contribution in [0.4, 0.5) is 0 Å². The van der Waals surface area contributed by atoms with Gasteiger partial charge in [-0.2, -0.15) is 8.42 Å². The Kier molecular flexibility index (Phi) is 4.32. The van der Waals surface area contributed by atoms with Gasteiger partial charge < -0.3 is 4.18 Å². The molecule has 1 aromatic carbocycles. The zero-order valence-corrected chi connectivity index (χ0v) is 10.3. The maximum atomic E-state index is 10.7. The molecule has 0 radical (unpaired) electrons. The van der Waals surface area contributed by atoms with Crippen molar-refractivity contribution in [3.05, 3.63) is 29.3 Å². The highest BCUT2D eigenvalue weighted by Gasteiger charge is 2.13. The molecule has 0 fully saturated rings. The fraction of sp³-hybridized carbons (Fsp3) is 0.455. The fourth-order valence-electron chi connectivity index (χ4n) is 1.67. The summed E-state index contributed by atoms with van der Waals surface area (Å²) in [5, 5.41) is 0. The molecule has 0 aromatic heterocycles. The van der Waals surface area contributed by atoms with Crippen LogP contribution in [0.1, 0.15) is 31.4 Å². The summed E-state index contributed by atoms with van der Waals surface area (Å²) in [6, 6.07) is 5.21. The van der Waals surface area contributed by atoms with Crippen molar-refractivity contribution >= 4 is 10.4 Å². The average molecular weight is 244 g/mol. The Balaban J connectivity index is 3.16. The molecular weight excluding hydrogens is 228 g/mol. The molecule has 0 aliphatic carbocycles. The normalized spacial score (nSPS) is 11.4. The topological polar surface area (TPSA) is 63.6 Å². The molecule has 90 valence electrons. The molecule has 0 aliphatic heterocycles. The Hall–Kier alpha value is -1.07. The quantitative estimate of drug-likeness (QED) is 0.808. The van der Waals surface area contributed by atoms with E-state index in [1.165, 1.54) is 0 Å². The summed E-state index contributed by atoms with van der Waals surface area (Å²) in [4.78, 5) is 0. The van der Waals surface area contributed by atoms with Crippen LogP contribution in [0.25, 0.3) is 0 Å². The maximum absolute atomic E-state index is 10.7. The van der Waals surface area contributed by atoms with E-state index in [2.05, 4.69) is 4.18 Å². The van der Waals surface area contributed by atoms with Gasteiger partial charge in [0, 0.05) is 0 Å². The second kappa shape index (κ2) is 5.32. The first-order chi connectivity index (χ1) is 7.48. The lowest BCUT2D eigenvalue weighted by Gasteiger charge is -2.12. The van der Waals surface area contributed by atoms with Crippen molar-refractivity contribution < 1.29 is 17.2 Å². The van der Waals surface area contributed by atoms with Crippen molar-refractivity contribution in [3.8, 4) is 5.75 Å². The van der Waals surface area contributed by atoms with Crippen molar-refractivity contribution in [2.45, 2.75) is 33.1 Å². The molecule has 0 spiro atoms. The second-order valence-corrected chi connectivity index (χ2v) is 4.53. The number of hydrogen-bond acceptors (Lipinski definition) is 3. The molecular formula is C11H16O4S. The summed E-state index contributed by atoms with van der Waals surface area (Å²) in [6.45, 7) is 4.00. The fourth-order valence-corrected chi connectivity index (χ4v) is 2.05. The molecule has 0 amide bonds. The van der Waals surface area contributed by atoms with E-state index in [1.54, 1.807) is 12.1 Å². The van der Waals surface area contributed by atoms with Gasteiger partial charge in [-0.3, -0.25) is 4.55 Å².